The molecule has 8 heteroatoms. The largest absolute Gasteiger partial charge is 0.497 e. The van der Waals surface area contributed by atoms with Crippen molar-refractivity contribution in [2.24, 2.45) is 13.0 Å². The van der Waals surface area contributed by atoms with Crippen LogP contribution in [0.3, 0.4) is 0 Å². The number of benzene rings is 2. The van der Waals surface area contributed by atoms with Gasteiger partial charge in [-0.25, -0.2) is 0 Å². The fourth-order valence-electron chi connectivity index (χ4n) is 4.81. The molecule has 36 heavy (non-hydrogen) atoms. The number of aromatic nitrogens is 2. The number of amides is 2. The number of hydrogen-bond donors (Lipinski definition) is 0. The van der Waals surface area contributed by atoms with E-state index in [0.29, 0.717) is 31.0 Å². The standard InChI is InChI=1S/C28H34N4O4/c1-30-15-14-25(29-30)28(34)31(2)26(19-21-8-7-11-24(18-21)35-3)22-12-16-32(17-13-22)27(33)20-36-23-9-5-4-6-10-23/h4-11,14-15,18,22,26H,12-13,16-17,19-20H2,1-3H3. The van der Waals surface area contributed by atoms with Crippen LogP contribution in [0.5, 0.6) is 11.5 Å². The summed E-state index contributed by atoms with van der Waals surface area (Å²) in [7, 11) is 5.31. The van der Waals surface area contributed by atoms with E-state index in [1.54, 1.807) is 31.1 Å². The Morgan fingerprint density at radius 2 is 1.78 bits per heavy atom. The molecule has 1 aliphatic rings. The Morgan fingerprint density at radius 1 is 1.06 bits per heavy atom. The smallest absolute Gasteiger partial charge is 0.274 e. The number of para-hydroxylation sites is 1. The molecule has 0 radical (unpaired) electrons. The lowest BCUT2D eigenvalue weighted by molar-refractivity contribution is -0.135. The van der Waals surface area contributed by atoms with Crippen molar-refractivity contribution in [2.45, 2.75) is 25.3 Å². The highest BCUT2D eigenvalue weighted by Crippen LogP contribution is 2.28. The van der Waals surface area contributed by atoms with E-state index in [-0.39, 0.29) is 30.4 Å². The maximum atomic E-state index is 13.3. The molecule has 1 unspecified atom stereocenters. The second-order valence-corrected chi connectivity index (χ2v) is 9.23. The zero-order valence-electron chi connectivity index (χ0n) is 21.2. The quantitative estimate of drug-likeness (QED) is 0.459. The SMILES string of the molecule is COc1cccc(CC(C2CCN(C(=O)COc3ccccc3)CC2)N(C)C(=O)c2ccn(C)n2)c1. The Balaban J connectivity index is 1.43. The van der Waals surface area contributed by atoms with E-state index >= 15 is 0 Å². The van der Waals surface area contributed by atoms with E-state index in [0.717, 1.165) is 24.2 Å². The summed E-state index contributed by atoms with van der Waals surface area (Å²) in [5, 5.41) is 4.31. The monoisotopic (exact) mass is 490 g/mol. The van der Waals surface area contributed by atoms with Crippen molar-refractivity contribution in [2.75, 3.05) is 33.9 Å². The Hall–Kier alpha value is -3.81. The lowest BCUT2D eigenvalue weighted by atomic mass is 9.84. The van der Waals surface area contributed by atoms with E-state index in [1.807, 2.05) is 65.4 Å². The van der Waals surface area contributed by atoms with Crippen LogP contribution in [-0.2, 0) is 18.3 Å². The van der Waals surface area contributed by atoms with Gasteiger partial charge in [-0.1, -0.05) is 30.3 Å². The van der Waals surface area contributed by atoms with Gasteiger partial charge in [-0.2, -0.15) is 5.10 Å². The molecule has 0 spiro atoms. The Bertz CT molecular complexity index is 1160. The lowest BCUT2D eigenvalue weighted by Gasteiger charge is -2.40. The third kappa shape index (κ3) is 6.24. The maximum absolute atomic E-state index is 13.3. The fraction of sp³-hybridized carbons (Fsp3) is 0.393. The van der Waals surface area contributed by atoms with Crippen LogP contribution in [0.2, 0.25) is 0 Å². The van der Waals surface area contributed by atoms with Gasteiger partial charge < -0.3 is 19.3 Å². The van der Waals surface area contributed by atoms with Crippen LogP contribution in [0.4, 0.5) is 0 Å². The number of likely N-dealkylation sites (N-methyl/N-ethyl adjacent to an activating group) is 1. The molecule has 2 aromatic carbocycles. The van der Waals surface area contributed by atoms with E-state index in [4.69, 9.17) is 9.47 Å². The van der Waals surface area contributed by atoms with Crippen molar-refractivity contribution in [3.05, 3.63) is 78.1 Å². The molecule has 1 saturated heterocycles. The lowest BCUT2D eigenvalue weighted by Crippen LogP contribution is -2.49. The van der Waals surface area contributed by atoms with Gasteiger partial charge in [0, 0.05) is 39.4 Å². The predicted octanol–water partition coefficient (Wildman–Crippen LogP) is 3.43. The van der Waals surface area contributed by atoms with E-state index in [9.17, 15) is 9.59 Å². The molecular weight excluding hydrogens is 456 g/mol. The molecule has 1 aromatic heterocycles. The van der Waals surface area contributed by atoms with Crippen molar-refractivity contribution in [3.63, 3.8) is 0 Å². The van der Waals surface area contributed by atoms with Crippen molar-refractivity contribution in [1.29, 1.82) is 0 Å². The van der Waals surface area contributed by atoms with Crippen LogP contribution in [0.1, 0.15) is 28.9 Å². The summed E-state index contributed by atoms with van der Waals surface area (Å²) >= 11 is 0. The zero-order valence-corrected chi connectivity index (χ0v) is 21.2. The van der Waals surface area contributed by atoms with Gasteiger partial charge >= 0.3 is 0 Å². The number of aryl methyl sites for hydroxylation is 1. The highest BCUT2D eigenvalue weighted by atomic mass is 16.5. The van der Waals surface area contributed by atoms with Gasteiger partial charge in [0.15, 0.2) is 6.61 Å². The third-order valence-corrected chi connectivity index (χ3v) is 6.87. The first-order chi connectivity index (χ1) is 17.4. The van der Waals surface area contributed by atoms with Gasteiger partial charge in [-0.05, 0) is 61.1 Å². The van der Waals surface area contributed by atoms with Crippen molar-refractivity contribution < 1.29 is 19.1 Å². The zero-order chi connectivity index (χ0) is 25.5. The second kappa shape index (κ2) is 11.7. The Morgan fingerprint density at radius 3 is 2.44 bits per heavy atom. The van der Waals surface area contributed by atoms with Crippen LogP contribution in [-0.4, -0.2) is 71.3 Å². The summed E-state index contributed by atoms with van der Waals surface area (Å²) in [6.07, 6.45) is 4.10. The molecule has 8 nitrogen and oxygen atoms in total. The minimum absolute atomic E-state index is 0.0143. The van der Waals surface area contributed by atoms with E-state index in [2.05, 4.69) is 11.2 Å². The number of carbonyl (C=O) groups excluding carboxylic acids is 2. The number of nitrogens with zero attached hydrogens (tertiary/aromatic N) is 4. The first-order valence-corrected chi connectivity index (χ1v) is 12.3. The van der Waals surface area contributed by atoms with E-state index in [1.165, 1.54) is 0 Å². The van der Waals surface area contributed by atoms with Crippen LogP contribution in [0.15, 0.2) is 66.9 Å². The fourth-order valence-corrected chi connectivity index (χ4v) is 4.81. The van der Waals surface area contributed by atoms with Crippen LogP contribution >= 0.6 is 0 Å². The minimum Gasteiger partial charge on any atom is -0.497 e. The molecule has 0 saturated carbocycles. The topological polar surface area (TPSA) is 76.9 Å². The molecule has 190 valence electrons. The number of ether oxygens (including phenoxy) is 2. The van der Waals surface area contributed by atoms with Crippen molar-refractivity contribution in [3.8, 4) is 11.5 Å². The number of carbonyl (C=O) groups is 2. The van der Waals surface area contributed by atoms with Gasteiger partial charge in [0.2, 0.25) is 0 Å². The number of likely N-dealkylation sites (tertiary alicyclic amines) is 1. The highest BCUT2D eigenvalue weighted by Gasteiger charge is 2.33. The molecule has 1 atom stereocenters. The highest BCUT2D eigenvalue weighted by molar-refractivity contribution is 5.92. The molecule has 1 fully saturated rings. The minimum atomic E-state index is -0.0988. The molecule has 0 aliphatic carbocycles. The van der Waals surface area contributed by atoms with Crippen LogP contribution in [0.25, 0.3) is 0 Å². The van der Waals surface area contributed by atoms with Gasteiger partial charge in [-0.3, -0.25) is 14.3 Å². The number of methoxy groups -OCH3 is 1. The van der Waals surface area contributed by atoms with Gasteiger partial charge in [0.05, 0.1) is 7.11 Å². The normalized spacial score (nSPS) is 14.8. The average molecular weight is 491 g/mol. The van der Waals surface area contributed by atoms with Crippen molar-refractivity contribution >= 4 is 11.8 Å². The van der Waals surface area contributed by atoms with Gasteiger partial charge in [0.1, 0.15) is 17.2 Å². The first-order valence-electron chi connectivity index (χ1n) is 12.3. The molecule has 3 aromatic rings. The summed E-state index contributed by atoms with van der Waals surface area (Å²) in [5.74, 6) is 1.61. The molecule has 4 rings (SSSR count). The summed E-state index contributed by atoms with van der Waals surface area (Å²) in [5.41, 5.74) is 1.54. The van der Waals surface area contributed by atoms with Crippen LogP contribution in [0, 0.1) is 5.92 Å². The third-order valence-electron chi connectivity index (χ3n) is 6.87. The van der Waals surface area contributed by atoms with Crippen LogP contribution < -0.4 is 9.47 Å². The summed E-state index contributed by atoms with van der Waals surface area (Å²) in [6, 6.07) is 19.1. The maximum Gasteiger partial charge on any atom is 0.274 e. The Labute approximate surface area is 212 Å². The number of hydrogen-bond acceptors (Lipinski definition) is 5. The van der Waals surface area contributed by atoms with E-state index < -0.39 is 0 Å². The summed E-state index contributed by atoms with van der Waals surface area (Å²) in [4.78, 5) is 29.7. The molecule has 1 aliphatic heterocycles. The Kier molecular flexibility index (Phi) is 8.25. The van der Waals surface area contributed by atoms with Crippen molar-refractivity contribution in [1.82, 2.24) is 19.6 Å². The predicted molar refractivity (Wildman–Crippen MR) is 137 cm³/mol. The second-order valence-electron chi connectivity index (χ2n) is 9.23. The molecule has 2 heterocycles. The number of rotatable bonds is 9. The molecule has 0 bridgehead atoms. The molecular formula is C28H34N4O4. The summed E-state index contributed by atoms with van der Waals surface area (Å²) in [6.45, 7) is 1.31. The number of piperidine rings is 1. The molecule has 2 amide bonds. The van der Waals surface area contributed by atoms with Gasteiger partial charge in [0.25, 0.3) is 11.8 Å². The summed E-state index contributed by atoms with van der Waals surface area (Å²) < 4.78 is 12.7. The average Bonchev–Trinajstić information content (AvgIpc) is 3.36. The molecule has 0 N–H and O–H groups in total. The van der Waals surface area contributed by atoms with Gasteiger partial charge in [-0.15, -0.1) is 0 Å². The first kappa shape index (κ1) is 25.3.